The molecule has 6 nitrogen and oxygen atoms in total. The molecular formula is C20H21ClFN5O. The van der Waals surface area contributed by atoms with Crippen LogP contribution in [0.25, 0.3) is 0 Å². The van der Waals surface area contributed by atoms with Gasteiger partial charge in [-0.2, -0.15) is 0 Å². The number of likely N-dealkylation sites (tertiary alicyclic amines) is 1. The summed E-state index contributed by atoms with van der Waals surface area (Å²) in [6.45, 7) is 3.00. The summed E-state index contributed by atoms with van der Waals surface area (Å²) in [6, 6.07) is 9.45. The zero-order valence-corrected chi connectivity index (χ0v) is 16.0. The third kappa shape index (κ3) is 3.68. The van der Waals surface area contributed by atoms with Gasteiger partial charge >= 0.3 is 0 Å². The second-order valence-corrected chi connectivity index (χ2v) is 7.36. The third-order valence-electron chi connectivity index (χ3n) is 5.11. The average molecular weight is 402 g/mol. The number of carbonyl (C=O) groups is 1. The third-order valence-corrected chi connectivity index (χ3v) is 5.46. The minimum atomic E-state index is -0.504. The first-order valence-electron chi connectivity index (χ1n) is 9.18. The van der Waals surface area contributed by atoms with E-state index in [9.17, 15) is 9.18 Å². The van der Waals surface area contributed by atoms with E-state index in [4.69, 9.17) is 17.3 Å². The van der Waals surface area contributed by atoms with E-state index in [-0.39, 0.29) is 11.9 Å². The number of anilines is 1. The van der Waals surface area contributed by atoms with Crippen LogP contribution in [-0.4, -0.2) is 42.9 Å². The smallest absolute Gasteiger partial charge is 0.250 e. The fourth-order valence-electron chi connectivity index (χ4n) is 3.54. The molecule has 1 atom stereocenters. The molecule has 4 N–H and O–H groups in total. The van der Waals surface area contributed by atoms with Gasteiger partial charge in [0.05, 0.1) is 17.3 Å². The van der Waals surface area contributed by atoms with Gasteiger partial charge in [-0.1, -0.05) is 17.7 Å². The summed E-state index contributed by atoms with van der Waals surface area (Å²) in [7, 11) is 0. The number of rotatable bonds is 5. The van der Waals surface area contributed by atoms with Crippen molar-refractivity contribution >= 4 is 29.0 Å². The molecule has 0 spiro atoms. The van der Waals surface area contributed by atoms with Crippen molar-refractivity contribution in [3.8, 4) is 0 Å². The molecule has 2 aromatic rings. The lowest BCUT2D eigenvalue weighted by molar-refractivity contribution is 0.100. The SMILES string of the molecule is NC(=O)c1cccc2c1NCN=C2N[C@H](CN1CCC1)c1cc(F)ccc1Cl. The summed E-state index contributed by atoms with van der Waals surface area (Å²) in [4.78, 5) is 18.6. The van der Waals surface area contributed by atoms with Crippen molar-refractivity contribution in [2.75, 3.05) is 31.6 Å². The number of para-hydroxylation sites is 1. The number of halogens is 2. The van der Waals surface area contributed by atoms with Gasteiger partial charge in [-0.3, -0.25) is 4.79 Å². The van der Waals surface area contributed by atoms with Crippen molar-refractivity contribution in [3.05, 3.63) is 63.9 Å². The number of nitrogens with two attached hydrogens (primary N) is 1. The van der Waals surface area contributed by atoms with E-state index < -0.39 is 5.91 Å². The van der Waals surface area contributed by atoms with Gasteiger partial charge in [0.1, 0.15) is 18.3 Å². The number of aliphatic imine (C=N–C) groups is 1. The predicted octanol–water partition coefficient (Wildman–Crippen LogP) is 2.74. The molecule has 1 amide bonds. The molecule has 0 radical (unpaired) electrons. The molecular weight excluding hydrogens is 381 g/mol. The number of fused-ring (bicyclic) bond motifs is 1. The maximum atomic E-state index is 13.9. The summed E-state index contributed by atoms with van der Waals surface area (Å²) in [5.74, 6) is -0.211. The highest BCUT2D eigenvalue weighted by Gasteiger charge is 2.26. The molecule has 0 unspecified atom stereocenters. The van der Waals surface area contributed by atoms with E-state index in [0.717, 1.165) is 25.1 Å². The van der Waals surface area contributed by atoms with Crippen LogP contribution < -0.4 is 16.4 Å². The first kappa shape index (κ1) is 18.7. The minimum absolute atomic E-state index is 0.245. The largest absolute Gasteiger partial charge is 0.366 e. The quantitative estimate of drug-likeness (QED) is 0.719. The average Bonchev–Trinajstić information content (AvgIpc) is 2.65. The highest BCUT2D eigenvalue weighted by molar-refractivity contribution is 6.31. The van der Waals surface area contributed by atoms with Gasteiger partial charge in [-0.05, 0) is 55.4 Å². The van der Waals surface area contributed by atoms with Crippen molar-refractivity contribution in [1.82, 2.24) is 10.2 Å². The van der Waals surface area contributed by atoms with Gasteiger partial charge in [0.25, 0.3) is 5.91 Å². The normalized spacial score (nSPS) is 17.0. The zero-order valence-electron chi connectivity index (χ0n) is 15.2. The van der Waals surface area contributed by atoms with Crippen molar-refractivity contribution in [1.29, 1.82) is 0 Å². The molecule has 28 heavy (non-hydrogen) atoms. The van der Waals surface area contributed by atoms with Crippen molar-refractivity contribution in [2.45, 2.75) is 12.5 Å². The van der Waals surface area contributed by atoms with Crippen LogP contribution >= 0.6 is 11.6 Å². The number of amidine groups is 1. The fourth-order valence-corrected chi connectivity index (χ4v) is 3.79. The molecule has 0 saturated carbocycles. The Kier molecular flexibility index (Phi) is 5.19. The molecule has 0 aromatic heterocycles. The Hall–Kier alpha value is -2.64. The van der Waals surface area contributed by atoms with E-state index in [1.54, 1.807) is 18.2 Å². The van der Waals surface area contributed by atoms with Crippen molar-refractivity contribution < 1.29 is 9.18 Å². The molecule has 2 aromatic carbocycles. The first-order valence-corrected chi connectivity index (χ1v) is 9.56. The van der Waals surface area contributed by atoms with E-state index >= 15 is 0 Å². The first-order chi connectivity index (χ1) is 13.5. The Labute approximate surface area is 167 Å². The summed E-state index contributed by atoms with van der Waals surface area (Å²) in [5, 5.41) is 7.04. The summed E-state index contributed by atoms with van der Waals surface area (Å²) in [5.41, 5.74) is 8.00. The molecule has 2 aliphatic rings. The monoisotopic (exact) mass is 401 g/mol. The molecule has 1 fully saturated rings. The summed E-state index contributed by atoms with van der Waals surface area (Å²) < 4.78 is 13.9. The Morgan fingerprint density at radius 1 is 1.36 bits per heavy atom. The lowest BCUT2D eigenvalue weighted by atomic mass is 10.0. The number of nitrogens with one attached hydrogen (secondary N) is 2. The molecule has 4 rings (SSSR count). The maximum Gasteiger partial charge on any atom is 0.250 e. The summed E-state index contributed by atoms with van der Waals surface area (Å²) >= 11 is 6.38. The van der Waals surface area contributed by atoms with Gasteiger partial charge in [-0.25, -0.2) is 9.38 Å². The Balaban J connectivity index is 1.68. The maximum absolute atomic E-state index is 13.9. The van der Waals surface area contributed by atoms with Crippen LogP contribution in [0.5, 0.6) is 0 Å². The number of carbonyl (C=O) groups excluding carboxylic acids is 1. The number of benzene rings is 2. The second-order valence-electron chi connectivity index (χ2n) is 6.95. The Morgan fingerprint density at radius 2 is 2.18 bits per heavy atom. The van der Waals surface area contributed by atoms with Crippen LogP contribution in [-0.2, 0) is 0 Å². The van der Waals surface area contributed by atoms with E-state index in [2.05, 4.69) is 20.5 Å². The lowest BCUT2D eigenvalue weighted by Gasteiger charge is -2.36. The van der Waals surface area contributed by atoms with Crippen molar-refractivity contribution in [3.63, 3.8) is 0 Å². The summed E-state index contributed by atoms with van der Waals surface area (Å²) in [6.07, 6.45) is 1.15. The highest BCUT2D eigenvalue weighted by atomic mass is 35.5. The van der Waals surface area contributed by atoms with Crippen LogP contribution in [0, 0.1) is 5.82 Å². The van der Waals surface area contributed by atoms with E-state index in [1.165, 1.54) is 12.1 Å². The Morgan fingerprint density at radius 3 is 2.89 bits per heavy atom. The predicted molar refractivity (Wildman–Crippen MR) is 108 cm³/mol. The van der Waals surface area contributed by atoms with Crippen LogP contribution in [0.4, 0.5) is 10.1 Å². The van der Waals surface area contributed by atoms with Gasteiger partial charge in [0.2, 0.25) is 0 Å². The van der Waals surface area contributed by atoms with Crippen molar-refractivity contribution in [2.24, 2.45) is 10.7 Å². The molecule has 0 aliphatic carbocycles. The Bertz CT molecular complexity index is 944. The lowest BCUT2D eigenvalue weighted by Crippen LogP contribution is -2.45. The molecule has 1 saturated heterocycles. The van der Waals surface area contributed by atoms with E-state index in [1.807, 2.05) is 6.07 Å². The molecule has 146 valence electrons. The zero-order chi connectivity index (χ0) is 19.7. The van der Waals surface area contributed by atoms with Gasteiger partial charge in [0, 0.05) is 17.1 Å². The number of amides is 1. The standard InChI is InChI=1S/C20H21ClFN5O/c21-16-6-5-12(22)9-15(16)17(10-27-7-2-8-27)26-20-14-4-1-3-13(19(23)28)18(14)24-11-25-20/h1,3-6,9,17,24H,2,7-8,10-11H2,(H2,23,28)(H,25,26)/t17-/m1/s1. The topological polar surface area (TPSA) is 82.8 Å². The highest BCUT2D eigenvalue weighted by Crippen LogP contribution is 2.29. The van der Waals surface area contributed by atoms with Gasteiger partial charge in [0.15, 0.2) is 0 Å². The number of primary amides is 1. The van der Waals surface area contributed by atoms with E-state index in [0.29, 0.717) is 40.9 Å². The van der Waals surface area contributed by atoms with Crippen LogP contribution in [0.2, 0.25) is 5.02 Å². The number of nitrogens with zero attached hydrogens (tertiary/aromatic N) is 2. The van der Waals surface area contributed by atoms with Gasteiger partial charge in [-0.15, -0.1) is 0 Å². The van der Waals surface area contributed by atoms with Crippen LogP contribution in [0.1, 0.15) is 33.9 Å². The molecule has 2 aliphatic heterocycles. The number of hydrogen-bond acceptors (Lipinski definition) is 5. The van der Waals surface area contributed by atoms with Crippen LogP contribution in [0.3, 0.4) is 0 Å². The molecule has 0 bridgehead atoms. The van der Waals surface area contributed by atoms with Crippen LogP contribution in [0.15, 0.2) is 41.4 Å². The molecule has 8 heteroatoms. The number of hydrogen-bond donors (Lipinski definition) is 3. The minimum Gasteiger partial charge on any atom is -0.366 e. The second kappa shape index (κ2) is 7.77. The molecule has 2 heterocycles. The fraction of sp³-hybridized carbons (Fsp3) is 0.300. The van der Waals surface area contributed by atoms with Gasteiger partial charge < -0.3 is 21.3 Å².